The number of aromatic nitrogens is 1. The van der Waals surface area contributed by atoms with Crippen molar-refractivity contribution in [2.24, 2.45) is 0 Å². The number of ether oxygens (including phenoxy) is 1. The number of carbonyl (C=O) groups is 2. The summed E-state index contributed by atoms with van der Waals surface area (Å²) in [6, 6.07) is 8.05. The predicted octanol–water partition coefficient (Wildman–Crippen LogP) is 3.77. The van der Waals surface area contributed by atoms with Crippen molar-refractivity contribution in [2.75, 3.05) is 12.4 Å². The fourth-order valence-electron chi connectivity index (χ4n) is 2.07. The third-order valence-corrected chi connectivity index (χ3v) is 4.18. The van der Waals surface area contributed by atoms with Crippen LogP contribution in [-0.2, 0) is 9.53 Å². The van der Waals surface area contributed by atoms with Crippen molar-refractivity contribution in [3.05, 3.63) is 57.7 Å². The predicted molar refractivity (Wildman–Crippen MR) is 95.3 cm³/mol. The molecule has 0 saturated carbocycles. The van der Waals surface area contributed by atoms with Crippen LogP contribution in [0.5, 0.6) is 0 Å². The van der Waals surface area contributed by atoms with Gasteiger partial charge in [0, 0.05) is 10.7 Å². The van der Waals surface area contributed by atoms with E-state index in [-0.39, 0.29) is 16.4 Å². The van der Waals surface area contributed by atoms with Gasteiger partial charge in [0.1, 0.15) is 5.82 Å². The average molecular weight is 467 g/mol. The van der Waals surface area contributed by atoms with Crippen molar-refractivity contribution in [3.63, 3.8) is 0 Å². The summed E-state index contributed by atoms with van der Waals surface area (Å²) in [5.41, 5.74) is -3.83. The highest BCUT2D eigenvalue weighted by Gasteiger charge is 2.63. The van der Waals surface area contributed by atoms with E-state index >= 15 is 0 Å². The number of pyridine rings is 1. The Kier molecular flexibility index (Phi) is 6.32. The van der Waals surface area contributed by atoms with E-state index in [0.29, 0.717) is 4.47 Å². The molecule has 0 saturated heterocycles. The first-order valence-electron chi connectivity index (χ1n) is 7.22. The largest absolute Gasteiger partial charge is 0.466 e. The molecule has 2 aromatic rings. The number of hydrogen-bond acceptors (Lipinski definition) is 5. The zero-order valence-corrected chi connectivity index (χ0v) is 15.9. The van der Waals surface area contributed by atoms with Gasteiger partial charge in [-0.1, -0.05) is 23.7 Å². The Balaban J connectivity index is 2.50. The fourth-order valence-corrected chi connectivity index (χ4v) is 2.52. The van der Waals surface area contributed by atoms with Gasteiger partial charge in [-0.25, -0.2) is 9.78 Å². The molecule has 0 aliphatic heterocycles. The van der Waals surface area contributed by atoms with E-state index in [4.69, 9.17) is 11.6 Å². The van der Waals surface area contributed by atoms with Crippen molar-refractivity contribution in [1.82, 2.24) is 10.3 Å². The summed E-state index contributed by atoms with van der Waals surface area (Å²) in [7, 11) is 0.765. The highest BCUT2D eigenvalue weighted by molar-refractivity contribution is 9.10. The van der Waals surface area contributed by atoms with Crippen LogP contribution in [0.2, 0.25) is 5.02 Å². The van der Waals surface area contributed by atoms with E-state index in [2.05, 4.69) is 25.7 Å². The number of nitrogens with zero attached hydrogens (tertiary/aromatic N) is 1. The van der Waals surface area contributed by atoms with Crippen LogP contribution in [0.4, 0.5) is 19.0 Å². The maximum atomic E-state index is 13.9. The minimum Gasteiger partial charge on any atom is -0.466 e. The molecule has 0 unspecified atom stereocenters. The summed E-state index contributed by atoms with van der Waals surface area (Å²) in [6.07, 6.45) is -4.05. The molecule has 6 nitrogen and oxygen atoms in total. The van der Waals surface area contributed by atoms with E-state index in [1.54, 1.807) is 5.32 Å². The topological polar surface area (TPSA) is 80.3 Å². The molecule has 1 heterocycles. The first kappa shape index (κ1) is 21.0. The Morgan fingerprint density at radius 2 is 1.85 bits per heavy atom. The SMILES string of the molecule is COC(=O)[C@](NC(=O)c1ccccc1Cl)(Nc1ccc(Br)cn1)C(F)(F)F. The van der Waals surface area contributed by atoms with Gasteiger partial charge in [-0.05, 0) is 40.2 Å². The van der Waals surface area contributed by atoms with Crippen LogP contribution >= 0.6 is 27.5 Å². The number of rotatable bonds is 5. The lowest BCUT2D eigenvalue weighted by Gasteiger charge is -2.34. The molecule has 0 aliphatic rings. The molecular weight excluding hydrogens is 455 g/mol. The van der Waals surface area contributed by atoms with Crippen LogP contribution in [0.15, 0.2) is 47.1 Å². The number of anilines is 1. The van der Waals surface area contributed by atoms with E-state index in [9.17, 15) is 22.8 Å². The van der Waals surface area contributed by atoms with E-state index in [0.717, 1.165) is 7.11 Å². The first-order chi connectivity index (χ1) is 12.6. The molecule has 144 valence electrons. The Hall–Kier alpha value is -2.33. The zero-order chi connectivity index (χ0) is 20.2. The molecule has 0 spiro atoms. The number of carbonyl (C=O) groups excluding carboxylic acids is 2. The van der Waals surface area contributed by atoms with Gasteiger partial charge in [-0.15, -0.1) is 0 Å². The van der Waals surface area contributed by atoms with Gasteiger partial charge in [-0.3, -0.25) is 4.79 Å². The monoisotopic (exact) mass is 465 g/mol. The standard InChI is InChI=1S/C16H12BrClF3N3O3/c1-27-14(26)15(16(19,20)21,23-12-7-6-9(17)8-22-12)24-13(25)10-4-2-3-5-11(10)18/h2-8H,1H3,(H,22,23)(H,24,25)/t15-/m1/s1. The molecule has 0 fully saturated rings. The van der Waals surface area contributed by atoms with Gasteiger partial charge >= 0.3 is 17.8 Å². The molecule has 27 heavy (non-hydrogen) atoms. The van der Waals surface area contributed by atoms with Crippen LogP contribution < -0.4 is 10.6 Å². The molecule has 1 aromatic heterocycles. The summed E-state index contributed by atoms with van der Waals surface area (Å²) in [6.45, 7) is 0. The number of esters is 1. The zero-order valence-electron chi connectivity index (χ0n) is 13.6. The van der Waals surface area contributed by atoms with Gasteiger partial charge in [0.15, 0.2) is 0 Å². The van der Waals surface area contributed by atoms with Crippen molar-refractivity contribution in [2.45, 2.75) is 11.8 Å². The summed E-state index contributed by atoms with van der Waals surface area (Å²) >= 11 is 8.95. The average Bonchev–Trinajstić information content (AvgIpc) is 2.61. The minimum absolute atomic E-state index is 0.0855. The summed E-state index contributed by atoms with van der Waals surface area (Å²) in [5, 5.41) is 3.49. The molecular formula is C16H12BrClF3N3O3. The van der Waals surface area contributed by atoms with Gasteiger partial charge in [0.25, 0.3) is 5.91 Å². The lowest BCUT2D eigenvalue weighted by atomic mass is 10.1. The summed E-state index contributed by atoms with van der Waals surface area (Å²) in [4.78, 5) is 28.3. The molecule has 2 rings (SSSR count). The lowest BCUT2D eigenvalue weighted by molar-refractivity contribution is -0.203. The normalized spacial score (nSPS) is 13.4. The molecule has 0 radical (unpaired) electrons. The molecule has 1 aromatic carbocycles. The maximum absolute atomic E-state index is 13.9. The van der Waals surface area contributed by atoms with E-state index in [1.165, 1.54) is 42.6 Å². The second kappa shape index (κ2) is 8.13. The molecule has 1 atom stereocenters. The van der Waals surface area contributed by atoms with E-state index in [1.807, 2.05) is 5.32 Å². The van der Waals surface area contributed by atoms with Crippen LogP contribution in [-0.4, -0.2) is 35.8 Å². The lowest BCUT2D eigenvalue weighted by Crippen LogP contribution is -2.69. The van der Waals surface area contributed by atoms with Crippen LogP contribution in [0.3, 0.4) is 0 Å². The first-order valence-corrected chi connectivity index (χ1v) is 8.40. The maximum Gasteiger partial charge on any atom is 0.441 e. The number of halogens is 5. The number of alkyl halides is 3. The third-order valence-electron chi connectivity index (χ3n) is 3.38. The number of methoxy groups -OCH3 is 1. The van der Waals surface area contributed by atoms with Crippen LogP contribution in [0.1, 0.15) is 10.4 Å². The van der Waals surface area contributed by atoms with Crippen molar-refractivity contribution >= 4 is 45.2 Å². The van der Waals surface area contributed by atoms with Crippen molar-refractivity contribution in [1.29, 1.82) is 0 Å². The quantitative estimate of drug-likeness (QED) is 0.518. The second-order valence-electron chi connectivity index (χ2n) is 5.16. The van der Waals surface area contributed by atoms with Crippen LogP contribution in [0, 0.1) is 0 Å². The minimum atomic E-state index is -5.27. The Labute approximate surface area is 165 Å². The molecule has 0 aliphatic carbocycles. The fraction of sp³-hybridized carbons (Fsp3) is 0.188. The smallest absolute Gasteiger partial charge is 0.441 e. The second-order valence-corrected chi connectivity index (χ2v) is 6.48. The van der Waals surface area contributed by atoms with E-state index < -0.39 is 23.7 Å². The van der Waals surface area contributed by atoms with Gasteiger partial charge in [-0.2, -0.15) is 13.2 Å². The molecule has 2 N–H and O–H groups in total. The van der Waals surface area contributed by atoms with Crippen molar-refractivity contribution in [3.8, 4) is 0 Å². The number of amides is 1. The number of nitrogens with one attached hydrogen (secondary N) is 2. The highest BCUT2D eigenvalue weighted by Crippen LogP contribution is 2.33. The van der Waals surface area contributed by atoms with Crippen molar-refractivity contribution < 1.29 is 27.5 Å². The molecule has 1 amide bonds. The Bertz CT molecular complexity index is 849. The molecule has 11 heteroatoms. The van der Waals surface area contributed by atoms with Gasteiger partial charge < -0.3 is 15.4 Å². The number of benzene rings is 1. The Morgan fingerprint density at radius 1 is 1.19 bits per heavy atom. The van der Waals surface area contributed by atoms with Gasteiger partial charge in [0.2, 0.25) is 0 Å². The number of hydrogen-bond donors (Lipinski definition) is 2. The van der Waals surface area contributed by atoms with Crippen LogP contribution in [0.25, 0.3) is 0 Å². The third kappa shape index (κ3) is 4.51. The Morgan fingerprint density at radius 3 is 2.37 bits per heavy atom. The van der Waals surface area contributed by atoms with Gasteiger partial charge in [0.05, 0.1) is 17.7 Å². The summed E-state index contributed by atoms with van der Waals surface area (Å²) < 4.78 is 46.5. The molecule has 0 bridgehead atoms. The summed E-state index contributed by atoms with van der Waals surface area (Å²) in [5.74, 6) is -3.33. The highest BCUT2D eigenvalue weighted by atomic mass is 79.9.